The molecule has 14 heavy (non-hydrogen) atoms. The molecule has 2 heterocycles. The zero-order valence-corrected chi connectivity index (χ0v) is 9.20. The van der Waals surface area contributed by atoms with Crippen LogP contribution in [-0.2, 0) is 0 Å². The summed E-state index contributed by atoms with van der Waals surface area (Å²) >= 11 is 13.1. The Labute approximate surface area is 94.7 Å². The summed E-state index contributed by atoms with van der Waals surface area (Å²) in [7, 11) is 0. The van der Waals surface area contributed by atoms with Gasteiger partial charge in [0.2, 0.25) is 0 Å². The molecular formula is C8H5Cl2N3S. The lowest BCUT2D eigenvalue weighted by molar-refractivity contribution is 1.03. The Morgan fingerprint density at radius 1 is 1.29 bits per heavy atom. The first kappa shape index (κ1) is 9.71. The van der Waals surface area contributed by atoms with E-state index in [1.54, 1.807) is 17.4 Å². The number of thiophene rings is 1. The number of halogens is 2. The van der Waals surface area contributed by atoms with Crippen molar-refractivity contribution in [3.8, 4) is 0 Å². The molecule has 0 aliphatic heterocycles. The number of nitrogens with one attached hydrogen (secondary N) is 1. The predicted molar refractivity (Wildman–Crippen MR) is 59.7 cm³/mol. The van der Waals surface area contributed by atoms with Crippen molar-refractivity contribution in [1.29, 1.82) is 0 Å². The van der Waals surface area contributed by atoms with E-state index in [1.807, 2.05) is 16.8 Å². The maximum atomic E-state index is 5.82. The molecular weight excluding hydrogens is 241 g/mol. The first-order valence-electron chi connectivity index (χ1n) is 3.73. The topological polar surface area (TPSA) is 37.8 Å². The van der Waals surface area contributed by atoms with E-state index in [0.717, 1.165) is 5.69 Å². The molecule has 3 nitrogen and oxygen atoms in total. The van der Waals surface area contributed by atoms with E-state index in [-0.39, 0.29) is 0 Å². The third kappa shape index (κ3) is 2.15. The summed E-state index contributed by atoms with van der Waals surface area (Å²) in [5.74, 6) is 0. The summed E-state index contributed by atoms with van der Waals surface area (Å²) in [4.78, 5) is 0. The second-order valence-corrected chi connectivity index (χ2v) is 4.03. The van der Waals surface area contributed by atoms with Gasteiger partial charge in [-0.3, -0.25) is 0 Å². The number of hydrogen-bond donors (Lipinski definition) is 1. The fourth-order valence-electron chi connectivity index (χ4n) is 0.932. The minimum atomic E-state index is 0.306. The number of aromatic nitrogens is 2. The SMILES string of the molecule is Clc1cc(Nc2ccsc2)c(Cl)nn1. The molecule has 2 rings (SSSR count). The van der Waals surface area contributed by atoms with E-state index >= 15 is 0 Å². The lowest BCUT2D eigenvalue weighted by Crippen LogP contribution is -1.93. The van der Waals surface area contributed by atoms with E-state index in [2.05, 4.69) is 15.5 Å². The van der Waals surface area contributed by atoms with Crippen molar-refractivity contribution in [1.82, 2.24) is 10.2 Å². The molecule has 1 N–H and O–H groups in total. The summed E-state index contributed by atoms with van der Waals surface area (Å²) in [6.45, 7) is 0. The molecule has 0 saturated heterocycles. The van der Waals surface area contributed by atoms with Crippen LogP contribution in [0.1, 0.15) is 0 Å². The average Bonchev–Trinajstić information content (AvgIpc) is 2.64. The van der Waals surface area contributed by atoms with Crippen molar-refractivity contribution in [3.63, 3.8) is 0 Å². The minimum Gasteiger partial charge on any atom is -0.352 e. The van der Waals surface area contributed by atoms with Crippen molar-refractivity contribution < 1.29 is 0 Å². The zero-order chi connectivity index (χ0) is 9.97. The molecule has 0 spiro atoms. The third-order valence-electron chi connectivity index (χ3n) is 1.52. The van der Waals surface area contributed by atoms with Crippen LogP contribution in [0, 0.1) is 0 Å². The number of rotatable bonds is 2. The van der Waals surface area contributed by atoms with Crippen LogP contribution in [0.4, 0.5) is 11.4 Å². The van der Waals surface area contributed by atoms with Gasteiger partial charge in [-0.1, -0.05) is 23.2 Å². The van der Waals surface area contributed by atoms with Gasteiger partial charge in [0, 0.05) is 17.1 Å². The molecule has 72 valence electrons. The molecule has 0 fully saturated rings. The average molecular weight is 246 g/mol. The Morgan fingerprint density at radius 2 is 2.14 bits per heavy atom. The van der Waals surface area contributed by atoms with Crippen LogP contribution in [0.5, 0.6) is 0 Å². The van der Waals surface area contributed by atoms with Gasteiger partial charge >= 0.3 is 0 Å². The fourth-order valence-corrected chi connectivity index (χ4v) is 1.81. The van der Waals surface area contributed by atoms with E-state index in [4.69, 9.17) is 23.2 Å². The smallest absolute Gasteiger partial charge is 0.175 e. The molecule has 0 aliphatic carbocycles. The quantitative estimate of drug-likeness (QED) is 0.879. The lowest BCUT2D eigenvalue weighted by atomic mass is 10.4. The molecule has 0 unspecified atom stereocenters. The van der Waals surface area contributed by atoms with Crippen molar-refractivity contribution in [3.05, 3.63) is 33.2 Å². The van der Waals surface area contributed by atoms with Crippen LogP contribution in [0.3, 0.4) is 0 Å². The van der Waals surface area contributed by atoms with Crippen LogP contribution >= 0.6 is 34.5 Å². The monoisotopic (exact) mass is 245 g/mol. The highest BCUT2D eigenvalue weighted by atomic mass is 35.5. The highest BCUT2D eigenvalue weighted by Crippen LogP contribution is 2.25. The van der Waals surface area contributed by atoms with E-state index < -0.39 is 0 Å². The van der Waals surface area contributed by atoms with Crippen LogP contribution in [-0.4, -0.2) is 10.2 Å². The summed E-state index contributed by atoms with van der Waals surface area (Å²) in [5, 5.41) is 14.9. The lowest BCUT2D eigenvalue weighted by Gasteiger charge is -2.04. The largest absolute Gasteiger partial charge is 0.352 e. The predicted octanol–water partition coefficient (Wildman–Crippen LogP) is 3.59. The number of anilines is 2. The molecule has 0 bridgehead atoms. The Hall–Kier alpha value is -0.840. The molecule has 0 saturated carbocycles. The van der Waals surface area contributed by atoms with Crippen molar-refractivity contribution in [2.24, 2.45) is 0 Å². The Kier molecular flexibility index (Phi) is 2.86. The van der Waals surface area contributed by atoms with E-state index in [1.165, 1.54) is 0 Å². The summed E-state index contributed by atoms with van der Waals surface area (Å²) in [6, 6.07) is 3.57. The summed E-state index contributed by atoms with van der Waals surface area (Å²) in [6.07, 6.45) is 0. The van der Waals surface area contributed by atoms with Gasteiger partial charge in [0.15, 0.2) is 10.3 Å². The molecule has 2 aromatic rings. The summed E-state index contributed by atoms with van der Waals surface area (Å²) in [5.41, 5.74) is 1.62. The van der Waals surface area contributed by atoms with Gasteiger partial charge < -0.3 is 5.32 Å². The van der Waals surface area contributed by atoms with Gasteiger partial charge in [0.05, 0.1) is 5.69 Å². The van der Waals surface area contributed by atoms with Gasteiger partial charge in [0.25, 0.3) is 0 Å². The highest BCUT2D eigenvalue weighted by molar-refractivity contribution is 7.08. The van der Waals surface area contributed by atoms with E-state index in [0.29, 0.717) is 16.0 Å². The molecule has 0 amide bonds. The molecule has 2 aromatic heterocycles. The molecule has 0 radical (unpaired) electrons. The molecule has 0 atom stereocenters. The third-order valence-corrected chi connectivity index (χ3v) is 2.67. The Balaban J connectivity index is 2.28. The van der Waals surface area contributed by atoms with Crippen molar-refractivity contribution in [2.45, 2.75) is 0 Å². The normalized spacial score (nSPS) is 10.1. The maximum absolute atomic E-state index is 5.82. The van der Waals surface area contributed by atoms with Gasteiger partial charge in [-0.2, -0.15) is 11.3 Å². The van der Waals surface area contributed by atoms with Crippen molar-refractivity contribution >= 4 is 45.9 Å². The van der Waals surface area contributed by atoms with Crippen molar-refractivity contribution in [2.75, 3.05) is 5.32 Å². The molecule has 0 aliphatic rings. The fraction of sp³-hybridized carbons (Fsp3) is 0. The van der Waals surface area contributed by atoms with Gasteiger partial charge in [0.1, 0.15) is 0 Å². The summed E-state index contributed by atoms with van der Waals surface area (Å²) < 4.78 is 0. The second kappa shape index (κ2) is 4.13. The highest BCUT2D eigenvalue weighted by Gasteiger charge is 2.04. The standard InChI is InChI=1S/C8H5Cl2N3S/c9-7-3-6(8(10)13-12-7)11-5-1-2-14-4-5/h1-4H,(H,11,12). The first-order valence-corrected chi connectivity index (χ1v) is 5.43. The molecule has 6 heteroatoms. The second-order valence-electron chi connectivity index (χ2n) is 2.51. The Bertz CT molecular complexity index is 430. The van der Waals surface area contributed by atoms with Crippen LogP contribution in [0.15, 0.2) is 22.9 Å². The van der Waals surface area contributed by atoms with Crippen LogP contribution < -0.4 is 5.32 Å². The number of hydrogen-bond acceptors (Lipinski definition) is 4. The van der Waals surface area contributed by atoms with Gasteiger partial charge in [-0.05, 0) is 11.4 Å². The van der Waals surface area contributed by atoms with Gasteiger partial charge in [-0.15, -0.1) is 10.2 Å². The number of nitrogens with zero attached hydrogens (tertiary/aromatic N) is 2. The molecule has 0 aromatic carbocycles. The van der Waals surface area contributed by atoms with E-state index in [9.17, 15) is 0 Å². The zero-order valence-electron chi connectivity index (χ0n) is 6.87. The van der Waals surface area contributed by atoms with Crippen LogP contribution in [0.25, 0.3) is 0 Å². The Morgan fingerprint density at radius 3 is 2.86 bits per heavy atom. The van der Waals surface area contributed by atoms with Crippen LogP contribution in [0.2, 0.25) is 10.3 Å². The minimum absolute atomic E-state index is 0.306. The van der Waals surface area contributed by atoms with Gasteiger partial charge in [-0.25, -0.2) is 0 Å². The first-order chi connectivity index (χ1) is 6.75. The maximum Gasteiger partial charge on any atom is 0.175 e.